The maximum Gasteiger partial charge on any atom is 0.407 e. The predicted octanol–water partition coefficient (Wildman–Crippen LogP) is 4.81. The van der Waals surface area contributed by atoms with Gasteiger partial charge in [0, 0.05) is 17.8 Å². The van der Waals surface area contributed by atoms with E-state index >= 15 is 0 Å². The summed E-state index contributed by atoms with van der Waals surface area (Å²) in [6, 6.07) is 7.19. The van der Waals surface area contributed by atoms with Crippen molar-refractivity contribution in [1.29, 1.82) is 0 Å². The first-order valence-electron chi connectivity index (χ1n) is 9.13. The topological polar surface area (TPSA) is 50.4 Å². The second-order valence-electron chi connectivity index (χ2n) is 7.80. The monoisotopic (exact) mass is 332 g/mol. The van der Waals surface area contributed by atoms with Crippen LogP contribution in [0.3, 0.4) is 0 Å². The number of para-hydroxylation sites is 1. The molecule has 0 saturated heterocycles. The van der Waals surface area contributed by atoms with E-state index in [4.69, 9.17) is 4.74 Å². The Kier molecular flexibility index (Phi) is 6.14. The lowest BCUT2D eigenvalue weighted by atomic mass is 9.90. The summed E-state index contributed by atoms with van der Waals surface area (Å²) in [7, 11) is 0. The first-order chi connectivity index (χ1) is 11.3. The second-order valence-corrected chi connectivity index (χ2v) is 7.80. The Hall–Kier alpha value is -1.71. The third-order valence-electron chi connectivity index (χ3n) is 4.54. The first-order valence-corrected chi connectivity index (χ1v) is 9.13. The Balaban J connectivity index is 1.84. The van der Waals surface area contributed by atoms with Crippen LogP contribution in [0.25, 0.3) is 0 Å². The zero-order valence-corrected chi connectivity index (χ0v) is 15.7. The zero-order chi connectivity index (χ0) is 17.7. The van der Waals surface area contributed by atoms with Crippen LogP contribution in [0, 0.1) is 6.92 Å². The van der Waals surface area contributed by atoms with Crippen molar-refractivity contribution in [2.75, 3.05) is 5.32 Å². The van der Waals surface area contributed by atoms with Gasteiger partial charge in [0.2, 0.25) is 0 Å². The van der Waals surface area contributed by atoms with Crippen LogP contribution in [0.15, 0.2) is 18.2 Å². The van der Waals surface area contributed by atoms with Crippen molar-refractivity contribution in [2.45, 2.75) is 84.4 Å². The molecule has 24 heavy (non-hydrogen) atoms. The van der Waals surface area contributed by atoms with Gasteiger partial charge in [-0.1, -0.05) is 25.1 Å². The first kappa shape index (κ1) is 18.6. The van der Waals surface area contributed by atoms with Crippen LogP contribution in [-0.4, -0.2) is 23.8 Å². The van der Waals surface area contributed by atoms with Crippen LogP contribution in [0.1, 0.15) is 64.5 Å². The zero-order valence-electron chi connectivity index (χ0n) is 15.7. The number of benzene rings is 1. The van der Waals surface area contributed by atoms with Gasteiger partial charge in [0.05, 0.1) is 0 Å². The molecule has 0 aliphatic heterocycles. The number of carbonyl (C=O) groups excluding carboxylic acids is 1. The Morgan fingerprint density at radius 1 is 1.17 bits per heavy atom. The Morgan fingerprint density at radius 2 is 1.79 bits per heavy atom. The van der Waals surface area contributed by atoms with E-state index in [9.17, 15) is 4.79 Å². The molecule has 134 valence electrons. The van der Waals surface area contributed by atoms with Crippen LogP contribution in [0.4, 0.5) is 10.5 Å². The van der Waals surface area contributed by atoms with Gasteiger partial charge in [0.25, 0.3) is 0 Å². The molecular formula is C20H32N2O2. The van der Waals surface area contributed by atoms with Gasteiger partial charge in [-0.15, -0.1) is 0 Å². The minimum Gasteiger partial charge on any atom is -0.444 e. The Labute approximate surface area is 146 Å². The summed E-state index contributed by atoms with van der Waals surface area (Å²) in [4.78, 5) is 11.9. The van der Waals surface area contributed by atoms with Gasteiger partial charge in [-0.3, -0.25) is 0 Å². The molecule has 1 amide bonds. The Morgan fingerprint density at radius 3 is 2.38 bits per heavy atom. The molecule has 1 saturated carbocycles. The highest BCUT2D eigenvalue weighted by Crippen LogP contribution is 2.27. The molecule has 2 rings (SSSR count). The average Bonchev–Trinajstić information content (AvgIpc) is 2.49. The molecule has 1 aromatic carbocycles. The Bertz CT molecular complexity index is 555. The van der Waals surface area contributed by atoms with Gasteiger partial charge in [0.15, 0.2) is 0 Å². The molecular weight excluding hydrogens is 300 g/mol. The lowest BCUT2D eigenvalue weighted by molar-refractivity contribution is 0.0492. The van der Waals surface area contributed by atoms with Crippen LogP contribution in [-0.2, 0) is 11.2 Å². The second kappa shape index (κ2) is 7.91. The fourth-order valence-electron chi connectivity index (χ4n) is 3.29. The van der Waals surface area contributed by atoms with Crippen molar-refractivity contribution < 1.29 is 9.53 Å². The van der Waals surface area contributed by atoms with E-state index in [1.54, 1.807) is 0 Å². The lowest BCUT2D eigenvalue weighted by Crippen LogP contribution is -2.42. The summed E-state index contributed by atoms with van der Waals surface area (Å²) < 4.78 is 5.34. The van der Waals surface area contributed by atoms with Gasteiger partial charge in [0.1, 0.15) is 5.60 Å². The molecule has 4 heteroatoms. The normalized spacial score (nSPS) is 21.2. The van der Waals surface area contributed by atoms with Gasteiger partial charge in [-0.25, -0.2) is 4.79 Å². The van der Waals surface area contributed by atoms with E-state index in [0.29, 0.717) is 6.04 Å². The fourth-order valence-corrected chi connectivity index (χ4v) is 3.29. The number of hydrogen-bond donors (Lipinski definition) is 2. The summed E-state index contributed by atoms with van der Waals surface area (Å²) in [5, 5.41) is 6.74. The number of carbonyl (C=O) groups is 1. The number of ether oxygens (including phenoxy) is 1. The van der Waals surface area contributed by atoms with Crippen LogP contribution in [0.5, 0.6) is 0 Å². The third kappa shape index (κ3) is 5.43. The number of anilines is 1. The number of aryl methyl sites for hydroxylation is 2. The van der Waals surface area contributed by atoms with E-state index < -0.39 is 5.60 Å². The molecule has 0 spiro atoms. The van der Waals surface area contributed by atoms with Gasteiger partial charge >= 0.3 is 6.09 Å². The summed E-state index contributed by atoms with van der Waals surface area (Å²) in [6.07, 6.45) is 4.86. The summed E-state index contributed by atoms with van der Waals surface area (Å²) in [5.74, 6) is 0. The van der Waals surface area contributed by atoms with Crippen molar-refractivity contribution in [1.82, 2.24) is 5.32 Å². The van der Waals surface area contributed by atoms with Crippen molar-refractivity contribution in [3.05, 3.63) is 29.3 Å². The highest BCUT2D eigenvalue weighted by Gasteiger charge is 2.25. The molecule has 2 N–H and O–H groups in total. The van der Waals surface area contributed by atoms with Crippen LogP contribution < -0.4 is 10.6 Å². The number of nitrogens with one attached hydrogen (secondary N) is 2. The van der Waals surface area contributed by atoms with Crippen molar-refractivity contribution in [3.63, 3.8) is 0 Å². The van der Waals surface area contributed by atoms with Gasteiger partial charge in [-0.2, -0.15) is 0 Å². The van der Waals surface area contributed by atoms with Crippen LogP contribution >= 0.6 is 0 Å². The fraction of sp³-hybridized carbons (Fsp3) is 0.650. The molecule has 0 radical (unpaired) electrons. The molecule has 0 aromatic heterocycles. The molecule has 0 unspecified atom stereocenters. The molecule has 1 aliphatic carbocycles. The van der Waals surface area contributed by atoms with Crippen molar-refractivity contribution in [3.8, 4) is 0 Å². The van der Waals surface area contributed by atoms with Crippen molar-refractivity contribution in [2.24, 2.45) is 0 Å². The van der Waals surface area contributed by atoms with E-state index in [-0.39, 0.29) is 12.1 Å². The molecule has 1 fully saturated rings. The van der Waals surface area contributed by atoms with Crippen LogP contribution in [0.2, 0.25) is 0 Å². The molecule has 0 heterocycles. The third-order valence-corrected chi connectivity index (χ3v) is 4.54. The minimum absolute atomic E-state index is 0.223. The van der Waals surface area contributed by atoms with E-state index in [1.165, 1.54) is 16.8 Å². The minimum atomic E-state index is -0.440. The average molecular weight is 332 g/mol. The highest BCUT2D eigenvalue weighted by molar-refractivity contribution is 5.68. The van der Waals surface area contributed by atoms with E-state index in [2.05, 4.69) is 42.7 Å². The standard InChI is InChI=1S/C20H32N2O2/c1-6-15-9-7-8-14(2)18(15)21-16-10-12-17(13-11-16)22-19(23)24-20(3,4)5/h7-9,16-17,21H,6,10-13H2,1-5H3,(H,22,23). The molecule has 0 atom stereocenters. The lowest BCUT2D eigenvalue weighted by Gasteiger charge is -2.32. The number of alkyl carbamates (subject to hydrolysis) is 1. The molecule has 1 aromatic rings. The summed E-state index contributed by atoms with van der Waals surface area (Å²) >= 11 is 0. The molecule has 1 aliphatic rings. The molecule has 4 nitrogen and oxygen atoms in total. The summed E-state index contributed by atoms with van der Waals surface area (Å²) in [5.41, 5.74) is 3.54. The maximum absolute atomic E-state index is 11.9. The summed E-state index contributed by atoms with van der Waals surface area (Å²) in [6.45, 7) is 10.0. The van der Waals surface area contributed by atoms with Gasteiger partial charge < -0.3 is 15.4 Å². The molecule has 0 bridgehead atoms. The maximum atomic E-state index is 11.9. The highest BCUT2D eigenvalue weighted by atomic mass is 16.6. The van der Waals surface area contributed by atoms with Gasteiger partial charge in [-0.05, 0) is 70.9 Å². The predicted molar refractivity (Wildman–Crippen MR) is 99.6 cm³/mol. The number of amides is 1. The quantitative estimate of drug-likeness (QED) is 0.832. The SMILES string of the molecule is CCc1cccc(C)c1NC1CCC(NC(=O)OC(C)(C)C)CC1. The number of hydrogen-bond acceptors (Lipinski definition) is 3. The number of rotatable bonds is 4. The van der Waals surface area contributed by atoms with Crippen molar-refractivity contribution >= 4 is 11.8 Å². The largest absolute Gasteiger partial charge is 0.444 e. The smallest absolute Gasteiger partial charge is 0.407 e. The van der Waals surface area contributed by atoms with E-state index in [0.717, 1.165) is 32.1 Å². The van der Waals surface area contributed by atoms with E-state index in [1.807, 2.05) is 20.8 Å².